The number of rotatable bonds is 4. The molecule has 0 bridgehead atoms. The number of hydrogen-bond donors (Lipinski definition) is 2. The van der Waals surface area contributed by atoms with E-state index in [1.807, 2.05) is 6.92 Å². The summed E-state index contributed by atoms with van der Waals surface area (Å²) in [4.78, 5) is 25.4. The third-order valence-electron chi connectivity index (χ3n) is 2.47. The SMILES string of the molecule is CCc1nc(C(=O)Nc2ccc(F)c([N+](=O)[O-])c2)n[nH]1. The minimum Gasteiger partial charge on any atom is -0.319 e. The molecule has 1 amide bonds. The number of H-pyrrole nitrogens is 1. The highest BCUT2D eigenvalue weighted by atomic mass is 19.1. The lowest BCUT2D eigenvalue weighted by molar-refractivity contribution is -0.387. The number of carbonyl (C=O) groups excluding carboxylic acids is 1. The highest BCUT2D eigenvalue weighted by molar-refractivity contribution is 6.01. The number of nitro benzene ring substituents is 1. The van der Waals surface area contributed by atoms with Gasteiger partial charge in [0.1, 0.15) is 5.82 Å². The maximum Gasteiger partial charge on any atom is 0.306 e. The van der Waals surface area contributed by atoms with Crippen LogP contribution in [-0.4, -0.2) is 26.0 Å². The Labute approximate surface area is 112 Å². The van der Waals surface area contributed by atoms with Gasteiger partial charge in [0.25, 0.3) is 5.91 Å². The predicted octanol–water partition coefficient (Wildman–Crippen LogP) is 1.67. The number of nitro groups is 1. The number of amides is 1. The van der Waals surface area contributed by atoms with Crippen LogP contribution in [-0.2, 0) is 6.42 Å². The van der Waals surface area contributed by atoms with Crippen molar-refractivity contribution in [1.29, 1.82) is 0 Å². The number of nitrogens with zero attached hydrogens (tertiary/aromatic N) is 3. The molecule has 0 fully saturated rings. The molecule has 1 aromatic carbocycles. The first-order valence-electron chi connectivity index (χ1n) is 5.67. The van der Waals surface area contributed by atoms with E-state index in [4.69, 9.17) is 0 Å². The Morgan fingerprint density at radius 1 is 1.55 bits per heavy atom. The van der Waals surface area contributed by atoms with Crippen LogP contribution in [0.5, 0.6) is 0 Å². The lowest BCUT2D eigenvalue weighted by Crippen LogP contribution is -2.14. The number of hydrogen-bond acceptors (Lipinski definition) is 5. The molecule has 104 valence electrons. The second-order valence-electron chi connectivity index (χ2n) is 3.84. The number of halogens is 1. The highest BCUT2D eigenvalue weighted by Crippen LogP contribution is 2.21. The molecule has 0 aliphatic carbocycles. The predicted molar refractivity (Wildman–Crippen MR) is 66.8 cm³/mol. The third kappa shape index (κ3) is 2.76. The zero-order valence-electron chi connectivity index (χ0n) is 10.4. The summed E-state index contributed by atoms with van der Waals surface area (Å²) in [6, 6.07) is 3.05. The first kappa shape index (κ1) is 13.6. The Kier molecular flexibility index (Phi) is 3.69. The van der Waals surface area contributed by atoms with Gasteiger partial charge in [0.2, 0.25) is 11.6 Å². The molecule has 2 N–H and O–H groups in total. The van der Waals surface area contributed by atoms with Gasteiger partial charge in [-0.15, -0.1) is 5.10 Å². The van der Waals surface area contributed by atoms with Crippen molar-refractivity contribution in [1.82, 2.24) is 15.2 Å². The van der Waals surface area contributed by atoms with Crippen molar-refractivity contribution in [2.24, 2.45) is 0 Å². The van der Waals surface area contributed by atoms with Gasteiger partial charge < -0.3 is 5.32 Å². The van der Waals surface area contributed by atoms with E-state index in [0.717, 1.165) is 12.1 Å². The number of aromatic amines is 1. The van der Waals surface area contributed by atoms with Crippen LogP contribution >= 0.6 is 0 Å². The van der Waals surface area contributed by atoms with Gasteiger partial charge in [-0.25, -0.2) is 4.98 Å². The molecule has 0 unspecified atom stereocenters. The van der Waals surface area contributed by atoms with Gasteiger partial charge in [0.15, 0.2) is 0 Å². The molecule has 0 aliphatic heterocycles. The minimum absolute atomic E-state index is 0.0888. The third-order valence-corrected chi connectivity index (χ3v) is 2.47. The molecule has 2 aromatic rings. The number of benzene rings is 1. The van der Waals surface area contributed by atoms with E-state index in [-0.39, 0.29) is 11.5 Å². The summed E-state index contributed by atoms with van der Waals surface area (Å²) in [6.07, 6.45) is 0.586. The standard InChI is InChI=1S/C11H10FN5O3/c1-2-9-14-10(16-15-9)11(18)13-6-3-4-7(12)8(5-6)17(19)20/h3-5H,2H2,1H3,(H,13,18)(H,14,15,16). The number of aryl methyl sites for hydroxylation is 1. The Morgan fingerprint density at radius 2 is 2.30 bits per heavy atom. The van der Waals surface area contributed by atoms with Gasteiger partial charge in [-0.2, -0.15) is 4.39 Å². The van der Waals surface area contributed by atoms with Crippen molar-refractivity contribution in [2.75, 3.05) is 5.32 Å². The number of nitrogens with one attached hydrogen (secondary N) is 2. The quantitative estimate of drug-likeness (QED) is 0.652. The van der Waals surface area contributed by atoms with Gasteiger partial charge in [0.05, 0.1) is 4.92 Å². The number of carbonyl (C=O) groups is 1. The molecule has 1 aromatic heterocycles. The Bertz CT molecular complexity index is 670. The van der Waals surface area contributed by atoms with E-state index in [9.17, 15) is 19.3 Å². The van der Waals surface area contributed by atoms with Gasteiger partial charge >= 0.3 is 5.69 Å². The fraction of sp³-hybridized carbons (Fsp3) is 0.182. The maximum absolute atomic E-state index is 13.1. The fourth-order valence-corrected chi connectivity index (χ4v) is 1.47. The summed E-state index contributed by atoms with van der Waals surface area (Å²) in [5.74, 6) is -1.16. The molecule has 8 nitrogen and oxygen atoms in total. The van der Waals surface area contributed by atoms with Crippen LogP contribution in [0.25, 0.3) is 0 Å². The van der Waals surface area contributed by atoms with Crippen molar-refractivity contribution in [2.45, 2.75) is 13.3 Å². The monoisotopic (exact) mass is 279 g/mol. The minimum atomic E-state index is -0.973. The first-order valence-corrected chi connectivity index (χ1v) is 5.67. The van der Waals surface area contributed by atoms with Crippen LogP contribution in [0, 0.1) is 15.9 Å². The van der Waals surface area contributed by atoms with Crippen LogP contribution in [0.2, 0.25) is 0 Å². The first-order chi connectivity index (χ1) is 9.51. The van der Waals surface area contributed by atoms with Crippen molar-refractivity contribution < 1.29 is 14.1 Å². The molecule has 9 heteroatoms. The molecular weight excluding hydrogens is 269 g/mol. The molecule has 0 radical (unpaired) electrons. The smallest absolute Gasteiger partial charge is 0.306 e. The fourth-order valence-electron chi connectivity index (χ4n) is 1.47. The van der Waals surface area contributed by atoms with E-state index in [2.05, 4.69) is 20.5 Å². The molecular formula is C11H10FN5O3. The summed E-state index contributed by atoms with van der Waals surface area (Å²) >= 11 is 0. The zero-order valence-corrected chi connectivity index (χ0v) is 10.4. The van der Waals surface area contributed by atoms with Crippen molar-refractivity contribution in [3.63, 3.8) is 0 Å². The summed E-state index contributed by atoms with van der Waals surface area (Å²) in [5, 5.41) is 19.2. The topological polar surface area (TPSA) is 114 Å². The lowest BCUT2D eigenvalue weighted by Gasteiger charge is -2.02. The van der Waals surface area contributed by atoms with Crippen molar-refractivity contribution in [3.8, 4) is 0 Å². The van der Waals surface area contributed by atoms with Crippen LogP contribution in [0.4, 0.5) is 15.8 Å². The van der Waals surface area contributed by atoms with Gasteiger partial charge in [0, 0.05) is 18.2 Å². The van der Waals surface area contributed by atoms with Crippen molar-refractivity contribution in [3.05, 3.63) is 45.8 Å². The molecule has 0 atom stereocenters. The summed E-state index contributed by atoms with van der Waals surface area (Å²) < 4.78 is 13.1. The van der Waals surface area contributed by atoms with Gasteiger partial charge in [-0.1, -0.05) is 6.92 Å². The van der Waals surface area contributed by atoms with Gasteiger partial charge in [-0.3, -0.25) is 20.0 Å². The summed E-state index contributed by atoms with van der Waals surface area (Å²) in [5.41, 5.74) is -0.627. The van der Waals surface area contributed by atoms with E-state index < -0.39 is 22.3 Å². The van der Waals surface area contributed by atoms with Crippen LogP contribution in [0.3, 0.4) is 0 Å². The second kappa shape index (κ2) is 5.43. The van der Waals surface area contributed by atoms with E-state index >= 15 is 0 Å². The number of anilines is 1. The van der Waals surface area contributed by atoms with Crippen molar-refractivity contribution >= 4 is 17.3 Å². The molecule has 0 saturated carbocycles. The molecule has 1 heterocycles. The highest BCUT2D eigenvalue weighted by Gasteiger charge is 2.17. The average Bonchev–Trinajstić information content (AvgIpc) is 2.89. The summed E-state index contributed by atoms with van der Waals surface area (Å²) in [7, 11) is 0. The van der Waals surface area contributed by atoms with E-state index in [1.165, 1.54) is 6.07 Å². The summed E-state index contributed by atoms with van der Waals surface area (Å²) in [6.45, 7) is 1.84. The molecule has 20 heavy (non-hydrogen) atoms. The largest absolute Gasteiger partial charge is 0.319 e. The van der Waals surface area contributed by atoms with Gasteiger partial charge in [-0.05, 0) is 12.1 Å². The molecule has 0 saturated heterocycles. The number of aromatic nitrogens is 3. The Hall–Kier alpha value is -2.84. The Morgan fingerprint density at radius 3 is 2.90 bits per heavy atom. The molecule has 2 rings (SSSR count). The van der Waals surface area contributed by atoms with Crippen LogP contribution < -0.4 is 5.32 Å². The van der Waals surface area contributed by atoms with Crippen LogP contribution in [0.1, 0.15) is 23.4 Å². The maximum atomic E-state index is 13.1. The average molecular weight is 279 g/mol. The van der Waals surface area contributed by atoms with E-state index in [0.29, 0.717) is 12.2 Å². The normalized spacial score (nSPS) is 10.3. The second-order valence-corrected chi connectivity index (χ2v) is 3.84. The molecule has 0 aliphatic rings. The zero-order chi connectivity index (χ0) is 14.7. The molecule has 0 spiro atoms. The van der Waals surface area contributed by atoms with Crippen LogP contribution in [0.15, 0.2) is 18.2 Å². The van der Waals surface area contributed by atoms with E-state index in [1.54, 1.807) is 0 Å². The Balaban J connectivity index is 2.19. The lowest BCUT2D eigenvalue weighted by atomic mass is 10.2.